The summed E-state index contributed by atoms with van der Waals surface area (Å²) in [5, 5.41) is 7.78. The smallest absolute Gasteiger partial charge is 0.254 e. The first-order chi connectivity index (χ1) is 13.8. The van der Waals surface area contributed by atoms with Gasteiger partial charge in [0, 0.05) is 24.7 Å². The second kappa shape index (κ2) is 6.77. The summed E-state index contributed by atoms with van der Waals surface area (Å²) in [5.41, 5.74) is 4.08. The molecule has 0 amide bonds. The summed E-state index contributed by atoms with van der Waals surface area (Å²) in [7, 11) is 0. The maximum atomic E-state index is 4.63. The predicted octanol–water partition coefficient (Wildman–Crippen LogP) is 3.56. The Morgan fingerprint density at radius 3 is 2.68 bits per heavy atom. The molecule has 0 saturated carbocycles. The molecular formula is C21H19N7. The van der Waals surface area contributed by atoms with Gasteiger partial charge in [-0.15, -0.1) is 0 Å². The van der Waals surface area contributed by atoms with E-state index in [9.17, 15) is 0 Å². The van der Waals surface area contributed by atoms with E-state index in [1.54, 1.807) is 4.52 Å². The fraction of sp³-hybridized carbons (Fsp3) is 0.143. The van der Waals surface area contributed by atoms with Crippen molar-refractivity contribution in [3.63, 3.8) is 0 Å². The molecule has 0 saturated heterocycles. The third-order valence-electron chi connectivity index (χ3n) is 4.81. The van der Waals surface area contributed by atoms with Gasteiger partial charge in [-0.3, -0.25) is 0 Å². The number of nitrogens with one attached hydrogen (secondary N) is 1. The highest BCUT2D eigenvalue weighted by Gasteiger charge is 2.10. The predicted molar refractivity (Wildman–Crippen MR) is 109 cm³/mol. The van der Waals surface area contributed by atoms with Gasteiger partial charge in [0.1, 0.15) is 18.0 Å². The van der Waals surface area contributed by atoms with E-state index in [2.05, 4.69) is 36.0 Å². The lowest BCUT2D eigenvalue weighted by atomic mass is 10.1. The zero-order valence-electron chi connectivity index (χ0n) is 15.4. The lowest BCUT2D eigenvalue weighted by Gasteiger charge is -2.12. The molecule has 138 valence electrons. The highest BCUT2D eigenvalue weighted by Crippen LogP contribution is 2.21. The summed E-state index contributed by atoms with van der Waals surface area (Å²) in [6.07, 6.45) is 1.52. The van der Waals surface area contributed by atoms with Crippen molar-refractivity contribution in [2.75, 3.05) is 11.9 Å². The summed E-state index contributed by atoms with van der Waals surface area (Å²) >= 11 is 0. The maximum absolute atomic E-state index is 4.63. The number of para-hydroxylation sites is 2. The second-order valence-electron chi connectivity index (χ2n) is 6.59. The van der Waals surface area contributed by atoms with Crippen LogP contribution >= 0.6 is 0 Å². The Kier molecular flexibility index (Phi) is 3.97. The van der Waals surface area contributed by atoms with E-state index in [0.29, 0.717) is 5.78 Å². The minimum Gasteiger partial charge on any atom is -0.368 e. The molecule has 3 heterocycles. The molecule has 0 atom stereocenters. The molecule has 7 heteroatoms. The zero-order chi connectivity index (χ0) is 18.9. The zero-order valence-corrected chi connectivity index (χ0v) is 15.4. The fourth-order valence-electron chi connectivity index (χ4n) is 3.47. The van der Waals surface area contributed by atoms with Gasteiger partial charge in [-0.1, -0.05) is 42.5 Å². The average Bonchev–Trinajstić information content (AvgIpc) is 3.33. The Hall–Kier alpha value is -3.74. The van der Waals surface area contributed by atoms with Gasteiger partial charge in [0.05, 0.1) is 16.7 Å². The van der Waals surface area contributed by atoms with Gasteiger partial charge in [0.25, 0.3) is 5.78 Å². The normalized spacial score (nSPS) is 11.3. The van der Waals surface area contributed by atoms with Gasteiger partial charge in [0.2, 0.25) is 0 Å². The highest BCUT2D eigenvalue weighted by molar-refractivity contribution is 5.75. The SMILES string of the molecule is Cc1nc2ccccc2n1CCNc1cc(-c2ccccc2)nc2ncnn12. The topological polar surface area (TPSA) is 72.9 Å². The lowest BCUT2D eigenvalue weighted by Crippen LogP contribution is -2.14. The van der Waals surface area contributed by atoms with Crippen LogP contribution in [0.2, 0.25) is 0 Å². The van der Waals surface area contributed by atoms with Gasteiger partial charge in [-0.2, -0.15) is 14.6 Å². The minimum atomic E-state index is 0.577. The number of aryl methyl sites for hydroxylation is 1. The largest absolute Gasteiger partial charge is 0.368 e. The number of fused-ring (bicyclic) bond motifs is 2. The Morgan fingerprint density at radius 1 is 0.964 bits per heavy atom. The van der Waals surface area contributed by atoms with Crippen LogP contribution < -0.4 is 5.32 Å². The molecule has 0 bridgehead atoms. The molecule has 5 rings (SSSR count). The summed E-state index contributed by atoms with van der Waals surface area (Å²) in [5.74, 6) is 2.45. The van der Waals surface area contributed by atoms with E-state index < -0.39 is 0 Å². The molecular weight excluding hydrogens is 350 g/mol. The molecule has 5 aromatic rings. The molecule has 0 fully saturated rings. The van der Waals surface area contributed by atoms with Crippen LogP contribution in [0.5, 0.6) is 0 Å². The van der Waals surface area contributed by atoms with Crippen molar-refractivity contribution in [3.8, 4) is 11.3 Å². The van der Waals surface area contributed by atoms with E-state index in [4.69, 9.17) is 0 Å². The first-order valence-electron chi connectivity index (χ1n) is 9.21. The molecule has 7 nitrogen and oxygen atoms in total. The summed E-state index contributed by atoms with van der Waals surface area (Å²) in [6.45, 7) is 3.56. The number of anilines is 1. The van der Waals surface area contributed by atoms with Crippen LogP contribution in [0.3, 0.4) is 0 Å². The minimum absolute atomic E-state index is 0.577. The fourth-order valence-corrected chi connectivity index (χ4v) is 3.47. The first-order valence-corrected chi connectivity index (χ1v) is 9.21. The van der Waals surface area contributed by atoms with Crippen molar-refractivity contribution in [1.82, 2.24) is 29.1 Å². The van der Waals surface area contributed by atoms with Gasteiger partial charge < -0.3 is 9.88 Å². The summed E-state index contributed by atoms with van der Waals surface area (Å²) in [6, 6.07) is 20.3. The highest BCUT2D eigenvalue weighted by atomic mass is 15.4. The molecule has 3 aromatic heterocycles. The number of nitrogens with zero attached hydrogens (tertiary/aromatic N) is 6. The molecule has 0 aliphatic carbocycles. The maximum Gasteiger partial charge on any atom is 0.254 e. The Bertz CT molecular complexity index is 1250. The second-order valence-corrected chi connectivity index (χ2v) is 6.59. The molecule has 0 unspecified atom stereocenters. The van der Waals surface area contributed by atoms with Crippen molar-refractivity contribution in [2.45, 2.75) is 13.5 Å². The van der Waals surface area contributed by atoms with Crippen LogP contribution in [0.1, 0.15) is 5.82 Å². The molecule has 0 spiro atoms. The van der Waals surface area contributed by atoms with Crippen LogP contribution in [-0.4, -0.2) is 35.7 Å². The van der Waals surface area contributed by atoms with E-state index in [1.807, 2.05) is 61.5 Å². The number of imidazole rings is 1. The number of rotatable bonds is 5. The van der Waals surface area contributed by atoms with Gasteiger partial charge >= 0.3 is 0 Å². The van der Waals surface area contributed by atoms with Crippen LogP contribution in [0.25, 0.3) is 28.1 Å². The Morgan fingerprint density at radius 2 is 1.79 bits per heavy atom. The quantitative estimate of drug-likeness (QED) is 0.513. The summed E-state index contributed by atoms with van der Waals surface area (Å²) < 4.78 is 3.95. The standard InChI is InChI=1S/C21H19N7/c1-15-25-17-9-5-6-10-19(17)27(15)12-11-22-20-13-18(16-7-3-2-4-8-16)26-21-23-14-24-28(20)21/h2-10,13-14,22H,11-12H2,1H3. The Labute approximate surface area is 161 Å². The molecule has 1 N–H and O–H groups in total. The van der Waals surface area contributed by atoms with E-state index in [1.165, 1.54) is 6.33 Å². The summed E-state index contributed by atoms with van der Waals surface area (Å²) in [4.78, 5) is 13.5. The molecule has 28 heavy (non-hydrogen) atoms. The molecule has 0 aliphatic heterocycles. The van der Waals surface area contributed by atoms with E-state index >= 15 is 0 Å². The van der Waals surface area contributed by atoms with Crippen molar-refractivity contribution < 1.29 is 0 Å². The van der Waals surface area contributed by atoms with Gasteiger partial charge in [-0.05, 0) is 19.1 Å². The lowest BCUT2D eigenvalue weighted by molar-refractivity contribution is 0.717. The van der Waals surface area contributed by atoms with Crippen LogP contribution in [-0.2, 0) is 6.54 Å². The van der Waals surface area contributed by atoms with Crippen molar-refractivity contribution in [3.05, 3.63) is 72.8 Å². The van der Waals surface area contributed by atoms with E-state index in [0.717, 1.165) is 47.0 Å². The van der Waals surface area contributed by atoms with Crippen molar-refractivity contribution in [1.29, 1.82) is 0 Å². The van der Waals surface area contributed by atoms with E-state index in [-0.39, 0.29) is 0 Å². The molecule has 0 radical (unpaired) electrons. The van der Waals surface area contributed by atoms with Crippen LogP contribution in [0, 0.1) is 6.92 Å². The van der Waals surface area contributed by atoms with Crippen molar-refractivity contribution in [2.24, 2.45) is 0 Å². The van der Waals surface area contributed by atoms with Crippen LogP contribution in [0.4, 0.5) is 5.82 Å². The monoisotopic (exact) mass is 369 g/mol. The first kappa shape index (κ1) is 16.4. The number of hydrogen-bond donors (Lipinski definition) is 1. The average molecular weight is 369 g/mol. The third kappa shape index (κ3) is 2.87. The van der Waals surface area contributed by atoms with Gasteiger partial charge in [-0.25, -0.2) is 9.97 Å². The molecule has 2 aromatic carbocycles. The third-order valence-corrected chi connectivity index (χ3v) is 4.81. The number of benzene rings is 2. The molecule has 0 aliphatic rings. The Balaban J connectivity index is 1.43. The number of aromatic nitrogens is 6. The number of hydrogen-bond acceptors (Lipinski definition) is 5. The van der Waals surface area contributed by atoms with Crippen molar-refractivity contribution >= 4 is 22.6 Å². The van der Waals surface area contributed by atoms with Crippen LogP contribution in [0.15, 0.2) is 67.0 Å². The van der Waals surface area contributed by atoms with Gasteiger partial charge in [0.15, 0.2) is 0 Å².